The Bertz CT molecular complexity index is 1670. The number of rotatable bonds is 1. The molecule has 0 aromatic carbocycles. The van der Waals surface area contributed by atoms with E-state index in [-0.39, 0.29) is 62.4 Å². The van der Waals surface area contributed by atoms with Crippen molar-refractivity contribution in [1.82, 2.24) is 0 Å². The summed E-state index contributed by atoms with van der Waals surface area (Å²) < 4.78 is 50.8. The summed E-state index contributed by atoms with van der Waals surface area (Å²) in [5.74, 6) is -5.37. The predicted octanol–water partition coefficient (Wildman–Crippen LogP) is 2.94. The average Bonchev–Trinajstić information content (AvgIpc) is 4.00. The molecule has 0 saturated carbocycles. The molecule has 0 aromatic rings. The van der Waals surface area contributed by atoms with E-state index in [1.165, 1.54) is 0 Å². The highest BCUT2D eigenvalue weighted by Crippen LogP contribution is 2.56. The zero-order chi connectivity index (χ0) is 41.5. The summed E-state index contributed by atoms with van der Waals surface area (Å²) in [5, 5.41) is 55.9. The Labute approximate surface area is 345 Å². The Morgan fingerprint density at radius 2 is 1.64 bits per heavy atom. The number of carbonyl (C=O) groups is 2. The maximum absolute atomic E-state index is 13.7. The van der Waals surface area contributed by atoms with Crippen LogP contribution in [0.2, 0.25) is 0 Å². The fraction of sp³-hybridized carbons (Fsp3) is 0.864. The van der Waals surface area contributed by atoms with Gasteiger partial charge in [-0.05, 0) is 77.6 Å². The maximum atomic E-state index is 13.7. The van der Waals surface area contributed by atoms with Gasteiger partial charge in [0, 0.05) is 44.4 Å². The number of aliphatic hydroxyl groups excluding tert-OH is 3. The van der Waals surface area contributed by atoms with E-state index in [1.54, 1.807) is 6.08 Å². The molecule has 15 heteroatoms. The lowest BCUT2D eigenvalue weighted by Gasteiger charge is -2.46. The molecule has 0 amide bonds. The van der Waals surface area contributed by atoms with Gasteiger partial charge in [0.15, 0.2) is 17.4 Å². The van der Waals surface area contributed by atoms with Gasteiger partial charge in [0.25, 0.3) is 0 Å². The highest BCUT2D eigenvalue weighted by molar-refractivity contribution is 5.85. The molecule has 9 heterocycles. The smallest absolute Gasteiger partial charge is 0.308 e. The van der Waals surface area contributed by atoms with E-state index in [4.69, 9.17) is 37.9 Å². The number of ketones is 1. The van der Waals surface area contributed by atoms with Crippen LogP contribution in [0.4, 0.5) is 0 Å². The van der Waals surface area contributed by atoms with E-state index >= 15 is 0 Å². The molecule has 59 heavy (non-hydrogen) atoms. The zero-order valence-corrected chi connectivity index (χ0v) is 34.6. The normalized spacial score (nSPS) is 53.2. The molecule has 15 nitrogen and oxygen atoms in total. The Balaban J connectivity index is 0.979. The Kier molecular flexibility index (Phi) is 11.3. The number of carbonyl (C=O) groups excluding carboxylic acids is 2. The predicted molar refractivity (Wildman–Crippen MR) is 205 cm³/mol. The number of esters is 1. The van der Waals surface area contributed by atoms with E-state index in [0.717, 1.165) is 31.3 Å². The summed E-state index contributed by atoms with van der Waals surface area (Å²) in [6.45, 7) is 6.25. The van der Waals surface area contributed by atoms with Gasteiger partial charge in [-0.3, -0.25) is 9.59 Å². The number of Topliss-reactive ketones (excluding diaryl/α,β-unsaturated/α-hetero) is 1. The first-order chi connectivity index (χ1) is 28.0. The van der Waals surface area contributed by atoms with E-state index in [9.17, 15) is 35.1 Å². The zero-order valence-electron chi connectivity index (χ0n) is 34.6. The maximum Gasteiger partial charge on any atom is 0.308 e. The minimum Gasteiger partial charge on any atom is -0.459 e. The van der Waals surface area contributed by atoms with E-state index in [1.807, 2.05) is 13.0 Å². The van der Waals surface area contributed by atoms with Crippen LogP contribution >= 0.6 is 0 Å². The summed E-state index contributed by atoms with van der Waals surface area (Å²) in [6, 6.07) is 0. The largest absolute Gasteiger partial charge is 0.459 e. The second-order valence-corrected chi connectivity index (χ2v) is 19.8. The summed E-state index contributed by atoms with van der Waals surface area (Å²) in [4.78, 5) is 27.3. The third kappa shape index (κ3) is 8.14. The Hall–Kier alpha value is -1.86. The third-order valence-corrected chi connectivity index (χ3v) is 15.0. The SMILES string of the molecule is CC1=C[C@H](C)C[C@@]2(C)CCC(O2)[C@@]23CC[C@](O)(CC(C2)C2O[C@H](CC2=O)C(O)C2CCC4(CCC[C@@H](CC(=O)O[C@@H]5CC([C@@]6(O)OCC[C@@H](O)[C@H]6O)OC5C=C1)O4)O2)O3. The van der Waals surface area contributed by atoms with Crippen molar-refractivity contribution < 1.29 is 73.0 Å². The molecular formula is C44H64O15. The number of hydrogen-bond acceptors (Lipinski definition) is 15. The summed E-state index contributed by atoms with van der Waals surface area (Å²) in [7, 11) is 0. The van der Waals surface area contributed by atoms with Gasteiger partial charge in [-0.25, -0.2) is 0 Å². The first kappa shape index (κ1) is 42.4. The molecule has 9 rings (SSSR count). The Morgan fingerprint density at radius 1 is 0.814 bits per heavy atom. The lowest BCUT2D eigenvalue weighted by Crippen LogP contribution is -2.61. The molecule has 0 aromatic heterocycles. The fourth-order valence-corrected chi connectivity index (χ4v) is 12.2. The van der Waals surface area contributed by atoms with Gasteiger partial charge in [0.2, 0.25) is 5.79 Å². The summed E-state index contributed by atoms with van der Waals surface area (Å²) >= 11 is 0. The van der Waals surface area contributed by atoms with E-state index in [0.29, 0.717) is 44.9 Å². The van der Waals surface area contributed by atoms with Crippen molar-refractivity contribution in [1.29, 1.82) is 0 Å². The van der Waals surface area contributed by atoms with Crippen LogP contribution < -0.4 is 0 Å². The van der Waals surface area contributed by atoms with Crippen molar-refractivity contribution >= 4 is 11.8 Å². The second-order valence-electron chi connectivity index (χ2n) is 19.8. The summed E-state index contributed by atoms with van der Waals surface area (Å²) in [6.07, 6.45) is 3.48. The number of ether oxygens (including phenoxy) is 8. The van der Waals surface area contributed by atoms with Gasteiger partial charge in [-0.1, -0.05) is 30.7 Å². The van der Waals surface area contributed by atoms with Gasteiger partial charge in [0.05, 0.1) is 54.7 Å². The standard InChI is InChI=1S/C44H64O15/c1-24-6-7-30-32(20-35(53-30)44(51)39(49)28(45)10-16-52-44)54-36(47)18-27-5-4-11-43(56-27)13-8-31(57-43)37(48)33-19-29(46)38(55-33)26-22-41(14-15-42(50,23-26)59-41)34-9-12-40(3,58-34)21-25(2)17-24/h6-7,17,25-28,30-35,37-39,45,48-51H,4-5,8-16,18-23H2,1-3H3/t25-,26?,27-,28+,30?,31?,32+,33+,34?,35?,37?,38?,39+,40+,41+,42+,43?,44+/m0/s1. The quantitative estimate of drug-likeness (QED) is 0.241. The molecule has 18 atom stereocenters. The molecule has 10 bridgehead atoms. The lowest BCUT2D eigenvalue weighted by molar-refractivity contribution is -0.336. The van der Waals surface area contributed by atoms with Gasteiger partial charge in [-0.15, -0.1) is 0 Å². The molecular weight excluding hydrogens is 768 g/mol. The molecule has 330 valence electrons. The van der Waals surface area contributed by atoms with Crippen LogP contribution in [-0.4, -0.2) is 140 Å². The lowest BCUT2D eigenvalue weighted by atomic mass is 9.78. The van der Waals surface area contributed by atoms with Gasteiger partial charge < -0.3 is 63.4 Å². The molecule has 0 aliphatic carbocycles. The molecule has 8 saturated heterocycles. The molecule has 9 aliphatic rings. The number of aliphatic hydroxyl groups is 5. The molecule has 8 fully saturated rings. The minimum absolute atomic E-state index is 0.0190. The number of hydrogen-bond donors (Lipinski definition) is 5. The number of fused-ring (bicyclic) bond motifs is 10. The topological polar surface area (TPSA) is 209 Å². The van der Waals surface area contributed by atoms with Crippen LogP contribution in [0.1, 0.15) is 124 Å². The monoisotopic (exact) mass is 832 g/mol. The van der Waals surface area contributed by atoms with Crippen LogP contribution in [0.3, 0.4) is 0 Å². The van der Waals surface area contributed by atoms with Crippen LogP contribution in [0.25, 0.3) is 0 Å². The molecule has 5 N–H and O–H groups in total. The first-order valence-electron chi connectivity index (χ1n) is 22.2. The fourth-order valence-electron chi connectivity index (χ4n) is 12.2. The Morgan fingerprint density at radius 3 is 2.47 bits per heavy atom. The molecule has 0 radical (unpaired) electrons. The first-order valence-corrected chi connectivity index (χ1v) is 22.2. The van der Waals surface area contributed by atoms with Crippen molar-refractivity contribution in [2.45, 2.75) is 219 Å². The van der Waals surface area contributed by atoms with E-state index in [2.05, 4.69) is 19.9 Å². The van der Waals surface area contributed by atoms with Crippen LogP contribution in [0.15, 0.2) is 23.8 Å². The second kappa shape index (κ2) is 15.7. The van der Waals surface area contributed by atoms with Crippen LogP contribution in [0, 0.1) is 11.8 Å². The molecule has 9 aliphatic heterocycles. The summed E-state index contributed by atoms with van der Waals surface area (Å²) in [5.41, 5.74) is -0.272. The van der Waals surface area contributed by atoms with Crippen LogP contribution in [0.5, 0.6) is 0 Å². The highest BCUT2D eigenvalue weighted by Gasteiger charge is 2.63. The van der Waals surface area contributed by atoms with Crippen molar-refractivity contribution in [2.24, 2.45) is 11.8 Å². The van der Waals surface area contributed by atoms with E-state index < -0.39 is 95.6 Å². The molecule has 2 spiro atoms. The third-order valence-electron chi connectivity index (χ3n) is 15.0. The minimum atomic E-state index is -2.20. The van der Waals surface area contributed by atoms with Gasteiger partial charge in [0.1, 0.15) is 36.6 Å². The highest BCUT2D eigenvalue weighted by atomic mass is 16.7. The van der Waals surface area contributed by atoms with Gasteiger partial charge >= 0.3 is 5.97 Å². The van der Waals surface area contributed by atoms with Crippen LogP contribution in [-0.2, 0) is 47.5 Å². The van der Waals surface area contributed by atoms with Crippen molar-refractivity contribution in [3.63, 3.8) is 0 Å². The average molecular weight is 833 g/mol. The van der Waals surface area contributed by atoms with Crippen molar-refractivity contribution in [3.05, 3.63) is 23.8 Å². The van der Waals surface area contributed by atoms with Crippen molar-refractivity contribution in [3.8, 4) is 0 Å². The van der Waals surface area contributed by atoms with Crippen molar-refractivity contribution in [2.75, 3.05) is 6.61 Å². The number of allylic oxidation sites excluding steroid dienone is 3. The van der Waals surface area contributed by atoms with Gasteiger partial charge in [-0.2, -0.15) is 0 Å². The molecule has 8 unspecified atom stereocenters.